The van der Waals surface area contributed by atoms with Gasteiger partial charge in [0.2, 0.25) is 0 Å². The molecule has 0 fully saturated rings. The number of ether oxygens (including phenoxy) is 6. The van der Waals surface area contributed by atoms with E-state index in [-0.39, 0.29) is 0 Å². The molecule has 0 bridgehead atoms. The molecular weight excluding hydrogens is 384 g/mol. The molecule has 6 nitrogen and oxygen atoms in total. The molecule has 1 aromatic carbocycles. The molecule has 1 rings (SSSR count). The molecule has 0 spiro atoms. The number of hydrogen-bond acceptors (Lipinski definition) is 6. The summed E-state index contributed by atoms with van der Waals surface area (Å²) in [7, 11) is 3.31. The van der Waals surface area contributed by atoms with Crippen LogP contribution >= 0.6 is 0 Å². The highest BCUT2D eigenvalue weighted by atomic mass is 16.5. The number of allylic oxidation sites excluding steroid dienone is 2. The van der Waals surface area contributed by atoms with Gasteiger partial charge in [-0.3, -0.25) is 0 Å². The average molecular weight is 425 g/mol. The average Bonchev–Trinajstić information content (AvgIpc) is 2.79. The van der Waals surface area contributed by atoms with Crippen LogP contribution in [0.3, 0.4) is 0 Å². The minimum atomic E-state index is 0.514. The van der Waals surface area contributed by atoms with Gasteiger partial charge in [0, 0.05) is 14.2 Å². The molecular formula is C24H40O6. The van der Waals surface area contributed by atoms with Gasteiger partial charge in [-0.1, -0.05) is 32.0 Å². The van der Waals surface area contributed by atoms with Crippen molar-refractivity contribution in [3.63, 3.8) is 0 Å². The lowest BCUT2D eigenvalue weighted by atomic mass is 10.0. The first-order valence-electron chi connectivity index (χ1n) is 10.5. The Balaban J connectivity index is 0.00000407. The smallest absolute Gasteiger partial charge is 0.111 e. The van der Waals surface area contributed by atoms with E-state index in [0.717, 1.165) is 22.3 Å². The maximum atomic E-state index is 5.56. The number of rotatable bonds is 16. The molecule has 1 aromatic rings. The van der Waals surface area contributed by atoms with E-state index < -0.39 is 0 Å². The van der Waals surface area contributed by atoms with Crippen LogP contribution in [0.25, 0.3) is 11.1 Å². The summed E-state index contributed by atoms with van der Waals surface area (Å²) in [6, 6.07) is 8.27. The fourth-order valence-electron chi connectivity index (χ4n) is 2.22. The predicted molar refractivity (Wildman–Crippen MR) is 122 cm³/mol. The molecule has 0 aliphatic rings. The zero-order valence-corrected chi connectivity index (χ0v) is 19.6. The van der Waals surface area contributed by atoms with Crippen molar-refractivity contribution < 1.29 is 28.4 Å². The number of methoxy groups -OCH3 is 2. The van der Waals surface area contributed by atoms with E-state index in [1.807, 2.05) is 33.8 Å². The van der Waals surface area contributed by atoms with E-state index >= 15 is 0 Å². The number of hydrogen-bond donors (Lipinski definition) is 0. The van der Waals surface area contributed by atoms with Gasteiger partial charge in [0.15, 0.2) is 0 Å². The Bertz CT molecular complexity index is 536. The van der Waals surface area contributed by atoms with E-state index in [2.05, 4.69) is 18.2 Å². The van der Waals surface area contributed by atoms with Crippen LogP contribution < -0.4 is 0 Å². The molecule has 0 N–H and O–H groups in total. The Kier molecular flexibility index (Phi) is 19.1. The van der Waals surface area contributed by atoms with Crippen molar-refractivity contribution in [2.75, 3.05) is 67.1 Å². The topological polar surface area (TPSA) is 55.4 Å². The Morgan fingerprint density at radius 3 is 1.47 bits per heavy atom. The molecule has 172 valence electrons. The zero-order valence-electron chi connectivity index (χ0n) is 19.6. The molecule has 0 aliphatic heterocycles. The largest absolute Gasteiger partial charge is 0.498 e. The fourth-order valence-corrected chi connectivity index (χ4v) is 2.22. The highest BCUT2D eigenvalue weighted by molar-refractivity contribution is 5.70. The lowest BCUT2D eigenvalue weighted by molar-refractivity contribution is 0.0465. The van der Waals surface area contributed by atoms with Crippen molar-refractivity contribution >= 4 is 11.1 Å². The molecule has 0 unspecified atom stereocenters. The van der Waals surface area contributed by atoms with Gasteiger partial charge in [-0.15, -0.1) is 0 Å². The Morgan fingerprint density at radius 2 is 1.07 bits per heavy atom. The van der Waals surface area contributed by atoms with Crippen molar-refractivity contribution in [3.8, 4) is 0 Å². The molecule has 30 heavy (non-hydrogen) atoms. The molecule has 0 saturated carbocycles. The van der Waals surface area contributed by atoms with Crippen LogP contribution in [0.1, 0.15) is 38.8 Å². The van der Waals surface area contributed by atoms with E-state index in [1.165, 1.54) is 0 Å². The summed E-state index contributed by atoms with van der Waals surface area (Å²) >= 11 is 0. The van der Waals surface area contributed by atoms with E-state index in [1.54, 1.807) is 26.7 Å². The van der Waals surface area contributed by atoms with Crippen LogP contribution in [0, 0.1) is 0 Å². The van der Waals surface area contributed by atoms with E-state index in [9.17, 15) is 0 Å². The molecule has 6 heteroatoms. The van der Waals surface area contributed by atoms with Crippen LogP contribution in [0.5, 0.6) is 0 Å². The van der Waals surface area contributed by atoms with Gasteiger partial charge in [-0.2, -0.15) is 0 Å². The van der Waals surface area contributed by atoms with Gasteiger partial charge >= 0.3 is 0 Å². The lowest BCUT2D eigenvalue weighted by Crippen LogP contribution is -2.06. The minimum absolute atomic E-state index is 0.514. The number of benzene rings is 1. The summed E-state index contributed by atoms with van der Waals surface area (Å²) in [6.45, 7) is 12.5. The summed E-state index contributed by atoms with van der Waals surface area (Å²) in [5.41, 5.74) is 4.32. The van der Waals surface area contributed by atoms with Gasteiger partial charge < -0.3 is 28.4 Å². The molecule has 0 heterocycles. The molecule has 0 atom stereocenters. The quantitative estimate of drug-likeness (QED) is 0.281. The molecule has 0 aromatic heterocycles. The minimum Gasteiger partial charge on any atom is -0.498 e. The normalized spacial score (nSPS) is 11.7. The van der Waals surface area contributed by atoms with Crippen LogP contribution in [0.2, 0.25) is 0 Å². The van der Waals surface area contributed by atoms with Crippen molar-refractivity contribution in [1.29, 1.82) is 0 Å². The second kappa shape index (κ2) is 20.4. The monoisotopic (exact) mass is 424 g/mol. The summed E-state index contributed by atoms with van der Waals surface area (Å²) < 4.78 is 31.7. The van der Waals surface area contributed by atoms with Gasteiger partial charge in [0.1, 0.15) is 13.2 Å². The maximum absolute atomic E-state index is 5.56. The maximum Gasteiger partial charge on any atom is 0.111 e. The van der Waals surface area contributed by atoms with Crippen molar-refractivity contribution in [2.24, 2.45) is 0 Å². The van der Waals surface area contributed by atoms with Crippen molar-refractivity contribution in [3.05, 3.63) is 47.9 Å². The second-order valence-corrected chi connectivity index (χ2v) is 6.13. The van der Waals surface area contributed by atoms with Crippen LogP contribution in [0.15, 0.2) is 36.8 Å². The summed E-state index contributed by atoms with van der Waals surface area (Å²) in [6.07, 6.45) is 3.54. The summed E-state index contributed by atoms with van der Waals surface area (Å²) in [5, 5.41) is 0. The Labute approximate surface area is 182 Å². The molecule has 0 amide bonds. The van der Waals surface area contributed by atoms with Crippen LogP contribution in [-0.2, 0) is 28.4 Å². The fraction of sp³-hybridized carbons (Fsp3) is 0.583. The Hall–Kier alpha value is -1.86. The molecule has 0 aliphatic carbocycles. The Morgan fingerprint density at radius 1 is 0.667 bits per heavy atom. The zero-order chi connectivity index (χ0) is 22.5. The van der Waals surface area contributed by atoms with E-state index in [0.29, 0.717) is 52.9 Å². The second-order valence-electron chi connectivity index (χ2n) is 6.13. The van der Waals surface area contributed by atoms with Crippen molar-refractivity contribution in [2.45, 2.75) is 27.7 Å². The van der Waals surface area contributed by atoms with Gasteiger partial charge in [-0.25, -0.2) is 0 Å². The van der Waals surface area contributed by atoms with Crippen LogP contribution in [0.4, 0.5) is 0 Å². The standard InChI is InChI=1S/C22H34O6.C2H6/c1-19(17-27-14-12-25-10-8-23-3)21-6-5-7-22(16-21)20(2)18-28-15-13-26-11-9-24-4;1-2/h5-7,16-18H,8-15H2,1-4H3;1-2H3/b19-17+,20-18+;. The van der Waals surface area contributed by atoms with Gasteiger partial charge in [0.05, 0.1) is 52.2 Å². The van der Waals surface area contributed by atoms with Gasteiger partial charge in [0.25, 0.3) is 0 Å². The van der Waals surface area contributed by atoms with Crippen molar-refractivity contribution in [1.82, 2.24) is 0 Å². The third-order valence-electron chi connectivity index (χ3n) is 3.85. The van der Waals surface area contributed by atoms with E-state index in [4.69, 9.17) is 28.4 Å². The third kappa shape index (κ3) is 14.2. The summed E-state index contributed by atoms with van der Waals surface area (Å²) in [4.78, 5) is 0. The SMILES string of the molecule is CC.COCCOCCO/C=C(\C)c1cccc(/C(C)=C/OCCOCCOC)c1. The lowest BCUT2D eigenvalue weighted by Gasteiger charge is -2.08. The highest BCUT2D eigenvalue weighted by Crippen LogP contribution is 2.20. The molecule has 0 radical (unpaired) electrons. The third-order valence-corrected chi connectivity index (χ3v) is 3.85. The van der Waals surface area contributed by atoms with Gasteiger partial charge in [-0.05, 0) is 42.2 Å². The summed E-state index contributed by atoms with van der Waals surface area (Å²) in [5.74, 6) is 0. The first kappa shape index (κ1) is 28.1. The van der Waals surface area contributed by atoms with Crippen LogP contribution in [-0.4, -0.2) is 67.1 Å². The molecule has 0 saturated heterocycles. The first-order chi connectivity index (χ1) is 14.7. The predicted octanol–water partition coefficient (Wildman–Crippen LogP) is 4.79. The first-order valence-corrected chi connectivity index (χ1v) is 10.5. The highest BCUT2D eigenvalue weighted by Gasteiger charge is 2.01.